The maximum atomic E-state index is 12.8. The van der Waals surface area contributed by atoms with Crippen molar-refractivity contribution in [1.82, 2.24) is 14.9 Å². The molecule has 0 aliphatic carbocycles. The number of halogens is 3. The SMILES string of the molecule is CC(=O)N1CCN(c2cc(C(=O)Nc3cccc(C(F)(F)F)c3)ncn2)CC1. The zero-order chi connectivity index (χ0) is 20.3. The second kappa shape index (κ2) is 7.83. The predicted molar refractivity (Wildman–Crippen MR) is 95.9 cm³/mol. The fourth-order valence-electron chi connectivity index (χ4n) is 2.86. The molecule has 1 aliphatic heterocycles. The van der Waals surface area contributed by atoms with Gasteiger partial charge in [0.15, 0.2) is 0 Å². The lowest BCUT2D eigenvalue weighted by Crippen LogP contribution is -2.48. The second-order valence-electron chi connectivity index (χ2n) is 6.29. The highest BCUT2D eigenvalue weighted by atomic mass is 19.4. The first-order valence-corrected chi connectivity index (χ1v) is 8.55. The van der Waals surface area contributed by atoms with E-state index in [1.807, 2.05) is 4.90 Å². The molecule has 10 heteroatoms. The molecule has 2 amide bonds. The number of hydrogen-bond acceptors (Lipinski definition) is 5. The fraction of sp³-hybridized carbons (Fsp3) is 0.333. The largest absolute Gasteiger partial charge is 0.416 e. The van der Waals surface area contributed by atoms with E-state index in [9.17, 15) is 22.8 Å². The third kappa shape index (κ3) is 4.56. The van der Waals surface area contributed by atoms with Crippen LogP contribution in [0.4, 0.5) is 24.7 Å². The fourth-order valence-corrected chi connectivity index (χ4v) is 2.86. The lowest BCUT2D eigenvalue weighted by Gasteiger charge is -2.34. The van der Waals surface area contributed by atoms with E-state index < -0.39 is 17.6 Å². The topological polar surface area (TPSA) is 78.4 Å². The Bertz CT molecular complexity index is 880. The van der Waals surface area contributed by atoms with Crippen molar-refractivity contribution < 1.29 is 22.8 Å². The second-order valence-corrected chi connectivity index (χ2v) is 6.29. The number of aromatic nitrogens is 2. The smallest absolute Gasteiger partial charge is 0.353 e. The molecule has 0 radical (unpaired) electrons. The van der Waals surface area contributed by atoms with Gasteiger partial charge in [0.25, 0.3) is 5.91 Å². The lowest BCUT2D eigenvalue weighted by atomic mass is 10.2. The van der Waals surface area contributed by atoms with E-state index in [2.05, 4.69) is 15.3 Å². The van der Waals surface area contributed by atoms with Crippen LogP contribution in [-0.2, 0) is 11.0 Å². The molecule has 0 bridgehead atoms. The minimum Gasteiger partial charge on any atom is -0.353 e. The Kier molecular flexibility index (Phi) is 5.48. The van der Waals surface area contributed by atoms with Gasteiger partial charge in [-0.1, -0.05) is 6.07 Å². The molecule has 148 valence electrons. The number of piperazine rings is 1. The van der Waals surface area contributed by atoms with Crippen LogP contribution in [0.25, 0.3) is 0 Å². The van der Waals surface area contributed by atoms with Crippen LogP contribution in [-0.4, -0.2) is 52.9 Å². The highest BCUT2D eigenvalue weighted by Gasteiger charge is 2.30. The average Bonchev–Trinajstić information content (AvgIpc) is 2.67. The van der Waals surface area contributed by atoms with Gasteiger partial charge in [-0.3, -0.25) is 9.59 Å². The van der Waals surface area contributed by atoms with Crippen LogP contribution in [0.1, 0.15) is 23.0 Å². The zero-order valence-electron chi connectivity index (χ0n) is 15.0. The van der Waals surface area contributed by atoms with Crippen molar-refractivity contribution in [3.8, 4) is 0 Å². The van der Waals surface area contributed by atoms with E-state index in [0.717, 1.165) is 12.1 Å². The van der Waals surface area contributed by atoms with E-state index in [1.54, 1.807) is 4.90 Å². The molecular formula is C18H18F3N5O2. The Hall–Kier alpha value is -3.17. The van der Waals surface area contributed by atoms with E-state index in [1.165, 1.54) is 31.5 Å². The van der Waals surface area contributed by atoms with Gasteiger partial charge in [-0.05, 0) is 18.2 Å². The summed E-state index contributed by atoms with van der Waals surface area (Å²) in [5, 5.41) is 2.42. The number of carbonyl (C=O) groups excluding carboxylic acids is 2. The minimum atomic E-state index is -4.50. The van der Waals surface area contributed by atoms with E-state index in [4.69, 9.17) is 0 Å². The Morgan fingerprint density at radius 3 is 2.43 bits per heavy atom. The normalized spacial score (nSPS) is 14.7. The summed E-state index contributed by atoms with van der Waals surface area (Å²) in [5.74, 6) is -0.110. The van der Waals surface area contributed by atoms with Crippen LogP contribution in [0.2, 0.25) is 0 Å². The number of anilines is 2. The minimum absolute atomic E-state index is 0.00323. The molecule has 0 saturated carbocycles. The standard InChI is InChI=1S/C18H18F3N5O2/c1-12(27)25-5-7-26(8-6-25)16-10-15(22-11-23-16)17(28)24-14-4-2-3-13(9-14)18(19,20)21/h2-4,9-11H,5-8H2,1H3,(H,24,28). The molecule has 1 aromatic heterocycles. The van der Waals surface area contributed by atoms with Crippen molar-refractivity contribution in [2.24, 2.45) is 0 Å². The molecule has 3 rings (SSSR count). The monoisotopic (exact) mass is 393 g/mol. The molecule has 1 aliphatic rings. The van der Waals surface area contributed by atoms with Crippen LogP contribution < -0.4 is 10.2 Å². The molecule has 2 aromatic rings. The third-order valence-electron chi connectivity index (χ3n) is 4.38. The molecule has 0 unspecified atom stereocenters. The van der Waals surface area contributed by atoms with Crippen LogP contribution in [0.5, 0.6) is 0 Å². The summed E-state index contributed by atoms with van der Waals surface area (Å²) in [6, 6.07) is 5.86. The molecule has 7 nitrogen and oxygen atoms in total. The first kappa shape index (κ1) is 19.6. The molecule has 1 aromatic carbocycles. The van der Waals surface area contributed by atoms with Crippen molar-refractivity contribution in [3.63, 3.8) is 0 Å². The lowest BCUT2D eigenvalue weighted by molar-refractivity contribution is -0.137. The van der Waals surface area contributed by atoms with Crippen molar-refractivity contribution >= 4 is 23.3 Å². The van der Waals surface area contributed by atoms with Gasteiger partial charge in [-0.25, -0.2) is 9.97 Å². The maximum Gasteiger partial charge on any atom is 0.416 e. The summed E-state index contributed by atoms with van der Waals surface area (Å²) in [7, 11) is 0. The highest BCUT2D eigenvalue weighted by Crippen LogP contribution is 2.30. The Morgan fingerprint density at radius 1 is 1.07 bits per heavy atom. The molecule has 1 saturated heterocycles. The maximum absolute atomic E-state index is 12.8. The predicted octanol–water partition coefficient (Wildman–Crippen LogP) is 2.42. The Morgan fingerprint density at radius 2 is 1.79 bits per heavy atom. The number of hydrogen-bond donors (Lipinski definition) is 1. The molecule has 0 spiro atoms. The first-order valence-electron chi connectivity index (χ1n) is 8.55. The van der Waals surface area contributed by atoms with Crippen molar-refractivity contribution in [2.75, 3.05) is 36.4 Å². The Balaban J connectivity index is 1.70. The van der Waals surface area contributed by atoms with Crippen LogP contribution in [0.3, 0.4) is 0 Å². The van der Waals surface area contributed by atoms with Gasteiger partial charge in [0.1, 0.15) is 17.8 Å². The van der Waals surface area contributed by atoms with Crippen LogP contribution in [0.15, 0.2) is 36.7 Å². The summed E-state index contributed by atoms with van der Waals surface area (Å²) in [5.41, 5.74) is -0.788. The first-order chi connectivity index (χ1) is 13.2. The summed E-state index contributed by atoms with van der Waals surface area (Å²) < 4.78 is 38.4. The molecule has 0 atom stereocenters. The molecule has 28 heavy (non-hydrogen) atoms. The third-order valence-corrected chi connectivity index (χ3v) is 4.38. The molecule has 1 N–H and O–H groups in total. The summed E-state index contributed by atoms with van der Waals surface area (Å²) in [6.45, 7) is 3.73. The zero-order valence-corrected chi connectivity index (χ0v) is 15.0. The molecule has 1 fully saturated rings. The van der Waals surface area contributed by atoms with E-state index in [-0.39, 0.29) is 17.3 Å². The summed E-state index contributed by atoms with van der Waals surface area (Å²) in [6.07, 6.45) is -3.27. The van der Waals surface area contributed by atoms with Gasteiger partial charge in [0.2, 0.25) is 5.91 Å². The number of carbonyl (C=O) groups is 2. The number of benzene rings is 1. The number of nitrogens with zero attached hydrogens (tertiary/aromatic N) is 4. The van der Waals surface area contributed by atoms with Crippen molar-refractivity contribution in [3.05, 3.63) is 47.9 Å². The van der Waals surface area contributed by atoms with Gasteiger partial charge in [0, 0.05) is 44.9 Å². The number of rotatable bonds is 3. The molecule has 2 heterocycles. The summed E-state index contributed by atoms with van der Waals surface area (Å²) >= 11 is 0. The van der Waals surface area contributed by atoms with Crippen molar-refractivity contribution in [2.45, 2.75) is 13.1 Å². The number of alkyl halides is 3. The van der Waals surface area contributed by atoms with Gasteiger partial charge in [-0.2, -0.15) is 13.2 Å². The van der Waals surface area contributed by atoms with E-state index >= 15 is 0 Å². The van der Waals surface area contributed by atoms with Gasteiger partial charge < -0.3 is 15.1 Å². The Labute approximate surface area is 159 Å². The van der Waals surface area contributed by atoms with Gasteiger partial charge in [-0.15, -0.1) is 0 Å². The van der Waals surface area contributed by atoms with E-state index in [0.29, 0.717) is 32.0 Å². The van der Waals surface area contributed by atoms with Gasteiger partial charge >= 0.3 is 6.18 Å². The molecular weight excluding hydrogens is 375 g/mol. The van der Waals surface area contributed by atoms with Crippen LogP contribution in [0, 0.1) is 0 Å². The number of nitrogens with one attached hydrogen (secondary N) is 1. The highest BCUT2D eigenvalue weighted by molar-refractivity contribution is 6.03. The number of amides is 2. The average molecular weight is 393 g/mol. The quantitative estimate of drug-likeness (QED) is 0.867. The summed E-state index contributed by atoms with van der Waals surface area (Å²) in [4.78, 5) is 35.5. The van der Waals surface area contributed by atoms with Gasteiger partial charge in [0.05, 0.1) is 5.56 Å². The van der Waals surface area contributed by atoms with Crippen LogP contribution >= 0.6 is 0 Å². The van der Waals surface area contributed by atoms with Crippen molar-refractivity contribution in [1.29, 1.82) is 0 Å².